The summed E-state index contributed by atoms with van der Waals surface area (Å²) in [6, 6.07) is 32.0. The topological polar surface area (TPSA) is 58.0 Å². The number of nitrogens with zero attached hydrogens (tertiary/aromatic N) is 3. The molecule has 0 aliphatic heterocycles. The summed E-state index contributed by atoms with van der Waals surface area (Å²) in [7, 11) is 0. The fraction of sp³-hybridized carbons (Fsp3) is 0.438. The first kappa shape index (κ1) is 27.5. The van der Waals surface area contributed by atoms with Crippen LogP contribution in [0.25, 0.3) is 10.4 Å². The summed E-state index contributed by atoms with van der Waals surface area (Å²) in [6.45, 7) is 2.72. The number of hydrogen-bond acceptors (Lipinski definition) is 2. The van der Waals surface area contributed by atoms with Gasteiger partial charge >= 0.3 is 0 Å². The van der Waals surface area contributed by atoms with Crippen LogP contribution in [0.4, 0.5) is 0 Å². The molecular weight excluding hydrogens is 442 g/mol. The van der Waals surface area contributed by atoms with Gasteiger partial charge in [0, 0.05) is 17.6 Å². The zero-order chi connectivity index (χ0) is 25.3. The maximum absolute atomic E-state index is 8.46. The van der Waals surface area contributed by atoms with E-state index in [0.29, 0.717) is 0 Å². The van der Waals surface area contributed by atoms with Gasteiger partial charge in [0.1, 0.15) is 5.60 Å². The Morgan fingerprint density at radius 1 is 0.639 bits per heavy atom. The molecule has 0 N–H and O–H groups in total. The van der Waals surface area contributed by atoms with E-state index >= 15 is 0 Å². The van der Waals surface area contributed by atoms with Crippen LogP contribution in [-0.2, 0) is 10.3 Å². The van der Waals surface area contributed by atoms with Crippen molar-refractivity contribution in [3.8, 4) is 0 Å². The molecule has 0 heterocycles. The molecule has 36 heavy (non-hydrogen) atoms. The van der Waals surface area contributed by atoms with Crippen molar-refractivity contribution in [1.82, 2.24) is 0 Å². The van der Waals surface area contributed by atoms with Crippen LogP contribution in [0.1, 0.15) is 87.8 Å². The van der Waals surface area contributed by atoms with Gasteiger partial charge in [0.05, 0.1) is 0 Å². The second kappa shape index (κ2) is 15.8. The Hall–Kier alpha value is -3.07. The van der Waals surface area contributed by atoms with Crippen LogP contribution in [0.2, 0.25) is 0 Å². The van der Waals surface area contributed by atoms with Crippen molar-refractivity contribution in [2.45, 2.75) is 82.8 Å². The monoisotopic (exact) mass is 483 g/mol. The summed E-state index contributed by atoms with van der Waals surface area (Å²) in [6.07, 6.45) is 12.1. The molecule has 4 nitrogen and oxygen atoms in total. The lowest BCUT2D eigenvalue weighted by Gasteiger charge is -2.36. The van der Waals surface area contributed by atoms with Crippen molar-refractivity contribution >= 4 is 0 Å². The highest BCUT2D eigenvalue weighted by Gasteiger charge is 2.37. The first-order valence-electron chi connectivity index (χ1n) is 13.6. The Labute approximate surface area is 217 Å². The lowest BCUT2D eigenvalue weighted by atomic mass is 9.80. The van der Waals surface area contributed by atoms with Crippen molar-refractivity contribution < 1.29 is 4.74 Å². The summed E-state index contributed by atoms with van der Waals surface area (Å²) in [5.74, 6) is 0. The highest BCUT2D eigenvalue weighted by molar-refractivity contribution is 5.47. The number of ether oxygens (including phenoxy) is 1. The molecule has 0 radical (unpaired) electrons. The van der Waals surface area contributed by atoms with Gasteiger partial charge in [-0.05, 0) is 35.1 Å². The molecule has 3 aromatic carbocycles. The number of hydrogen-bond donors (Lipinski definition) is 0. The first-order valence-corrected chi connectivity index (χ1v) is 13.6. The van der Waals surface area contributed by atoms with Crippen molar-refractivity contribution in [2.75, 3.05) is 6.61 Å². The van der Waals surface area contributed by atoms with Crippen molar-refractivity contribution in [1.29, 1.82) is 0 Å². The molecule has 0 aliphatic rings. The molecule has 0 amide bonds. The minimum Gasteiger partial charge on any atom is -0.361 e. The Balaban J connectivity index is 1.48. The van der Waals surface area contributed by atoms with E-state index in [4.69, 9.17) is 10.3 Å². The molecule has 0 spiro atoms. The predicted molar refractivity (Wildman–Crippen MR) is 150 cm³/mol. The van der Waals surface area contributed by atoms with E-state index in [-0.39, 0.29) is 6.04 Å². The maximum atomic E-state index is 8.46. The zero-order valence-corrected chi connectivity index (χ0v) is 21.8. The molecule has 0 saturated heterocycles. The van der Waals surface area contributed by atoms with Crippen molar-refractivity contribution in [3.63, 3.8) is 0 Å². The third-order valence-electron chi connectivity index (χ3n) is 6.87. The van der Waals surface area contributed by atoms with Gasteiger partial charge in [-0.25, -0.2) is 0 Å². The lowest BCUT2D eigenvalue weighted by molar-refractivity contribution is 0.0106. The Morgan fingerprint density at radius 3 is 1.44 bits per heavy atom. The van der Waals surface area contributed by atoms with Crippen LogP contribution < -0.4 is 0 Å². The van der Waals surface area contributed by atoms with Crippen LogP contribution in [0.5, 0.6) is 0 Å². The normalized spacial score (nSPS) is 12.1. The van der Waals surface area contributed by atoms with Gasteiger partial charge < -0.3 is 4.74 Å². The number of unbranched alkanes of at least 4 members (excludes halogenated alkanes) is 8. The third-order valence-corrected chi connectivity index (χ3v) is 6.87. The fourth-order valence-electron chi connectivity index (χ4n) is 4.92. The van der Waals surface area contributed by atoms with Crippen LogP contribution in [-0.4, -0.2) is 12.6 Å². The summed E-state index contributed by atoms with van der Waals surface area (Å²) < 4.78 is 6.87. The summed E-state index contributed by atoms with van der Waals surface area (Å²) in [4.78, 5) is 2.88. The standard InChI is InChI=1S/C32H41N3O/c1-28(34-35-33)20-12-7-5-3-2-4-6-8-19-27-36-32(29-21-13-9-14-22-29,30-23-15-10-16-24-30)31-25-17-11-18-26-31/h9-11,13-18,21-26,28H,2-8,12,19-20,27H2,1H3/t28-/m1/s1. The van der Waals surface area contributed by atoms with E-state index in [1.54, 1.807) is 0 Å². The summed E-state index contributed by atoms with van der Waals surface area (Å²) in [5.41, 5.74) is 11.3. The Bertz CT molecular complexity index is 920. The maximum Gasteiger partial charge on any atom is 0.143 e. The largest absolute Gasteiger partial charge is 0.361 e. The van der Waals surface area contributed by atoms with E-state index < -0.39 is 5.60 Å². The Morgan fingerprint density at radius 2 is 1.03 bits per heavy atom. The van der Waals surface area contributed by atoms with Gasteiger partial charge in [0.15, 0.2) is 0 Å². The SMILES string of the molecule is C[C@H](CCCCCCCCCCCOC(c1ccccc1)(c1ccccc1)c1ccccc1)N=[N+]=[N-]. The van der Waals surface area contributed by atoms with Crippen molar-refractivity contribution in [2.24, 2.45) is 5.11 Å². The molecule has 0 bridgehead atoms. The van der Waals surface area contributed by atoms with Gasteiger partial charge in [-0.2, -0.15) is 0 Å². The average molecular weight is 484 g/mol. The van der Waals surface area contributed by atoms with Gasteiger partial charge in [0.2, 0.25) is 0 Å². The van der Waals surface area contributed by atoms with Crippen LogP contribution in [0.3, 0.4) is 0 Å². The lowest BCUT2D eigenvalue weighted by Crippen LogP contribution is -2.33. The highest BCUT2D eigenvalue weighted by atomic mass is 16.5. The van der Waals surface area contributed by atoms with E-state index in [1.165, 1.54) is 44.9 Å². The van der Waals surface area contributed by atoms with Crippen LogP contribution in [0, 0.1) is 0 Å². The molecule has 0 fully saturated rings. The molecule has 0 aliphatic carbocycles. The van der Waals surface area contributed by atoms with Crippen LogP contribution in [0.15, 0.2) is 96.1 Å². The minimum atomic E-state index is -0.611. The molecule has 190 valence electrons. The third kappa shape index (κ3) is 8.26. The first-order chi connectivity index (χ1) is 17.8. The molecular formula is C32H41N3O. The average Bonchev–Trinajstić information content (AvgIpc) is 2.93. The Kier molecular flexibility index (Phi) is 12.1. The van der Waals surface area contributed by atoms with Gasteiger partial charge in [-0.15, -0.1) is 0 Å². The molecule has 1 atom stereocenters. The van der Waals surface area contributed by atoms with Gasteiger partial charge in [-0.3, -0.25) is 0 Å². The number of azide groups is 1. The van der Waals surface area contributed by atoms with E-state index in [2.05, 4.69) is 101 Å². The second-order valence-corrected chi connectivity index (χ2v) is 9.65. The summed E-state index contributed by atoms with van der Waals surface area (Å²) >= 11 is 0. The van der Waals surface area contributed by atoms with E-state index in [0.717, 1.165) is 42.6 Å². The van der Waals surface area contributed by atoms with Gasteiger partial charge in [-0.1, -0.05) is 154 Å². The minimum absolute atomic E-state index is 0.127. The molecule has 0 unspecified atom stereocenters. The molecule has 0 aromatic heterocycles. The fourth-order valence-corrected chi connectivity index (χ4v) is 4.92. The smallest absolute Gasteiger partial charge is 0.143 e. The van der Waals surface area contributed by atoms with E-state index in [9.17, 15) is 0 Å². The van der Waals surface area contributed by atoms with Crippen molar-refractivity contribution in [3.05, 3.63) is 118 Å². The van der Waals surface area contributed by atoms with E-state index in [1.807, 2.05) is 6.92 Å². The molecule has 4 heteroatoms. The summed E-state index contributed by atoms with van der Waals surface area (Å²) in [5, 5.41) is 3.74. The zero-order valence-electron chi connectivity index (χ0n) is 21.8. The quantitative estimate of drug-likeness (QED) is 0.0620. The highest BCUT2D eigenvalue weighted by Crippen LogP contribution is 2.40. The van der Waals surface area contributed by atoms with Crippen LogP contribution >= 0.6 is 0 Å². The number of benzene rings is 3. The molecule has 3 aromatic rings. The second-order valence-electron chi connectivity index (χ2n) is 9.65. The predicted octanol–water partition coefficient (Wildman–Crippen LogP) is 9.59. The van der Waals surface area contributed by atoms with Gasteiger partial charge in [0.25, 0.3) is 0 Å². The molecule has 0 saturated carbocycles. The molecule has 3 rings (SSSR count). The number of rotatable bonds is 17.